The van der Waals surface area contributed by atoms with Gasteiger partial charge in [0.05, 0.1) is 5.54 Å². The number of carboxylic acid groups (broad SMARTS) is 1. The summed E-state index contributed by atoms with van der Waals surface area (Å²) in [5.41, 5.74) is 2.79. The summed E-state index contributed by atoms with van der Waals surface area (Å²) in [6.45, 7) is 13.4. The molecule has 2 rings (SSSR count). The third kappa shape index (κ3) is 6.73. The number of nitrogens with zero attached hydrogens (tertiary/aromatic N) is 1. The number of benzene rings is 1. The van der Waals surface area contributed by atoms with Gasteiger partial charge in [0, 0.05) is 24.2 Å². The number of aryl methyl sites for hydroxylation is 1. The molecule has 0 spiro atoms. The predicted molar refractivity (Wildman–Crippen MR) is 126 cm³/mol. The average molecular weight is 449 g/mol. The SMILES string of the molecule is CC(C)C1=CN(CCCCC(=O)O)C(=O)N[C@]1(C)c1ccc(CCC(C)(C)C)c(Cl)c1. The van der Waals surface area contributed by atoms with Gasteiger partial charge in [0.15, 0.2) is 0 Å². The molecule has 1 aliphatic heterocycles. The molecule has 0 aliphatic carbocycles. The number of urea groups is 1. The van der Waals surface area contributed by atoms with Crippen LogP contribution < -0.4 is 5.32 Å². The molecule has 0 radical (unpaired) electrons. The van der Waals surface area contributed by atoms with E-state index in [0.717, 1.165) is 34.6 Å². The number of amides is 2. The minimum Gasteiger partial charge on any atom is -0.481 e. The third-order valence-electron chi connectivity index (χ3n) is 5.93. The third-order valence-corrected chi connectivity index (χ3v) is 6.28. The Bertz CT molecular complexity index is 842. The molecule has 0 bridgehead atoms. The highest BCUT2D eigenvalue weighted by atomic mass is 35.5. The van der Waals surface area contributed by atoms with Crippen molar-refractivity contribution < 1.29 is 14.7 Å². The summed E-state index contributed by atoms with van der Waals surface area (Å²) in [6, 6.07) is 5.97. The Labute approximate surface area is 191 Å². The summed E-state index contributed by atoms with van der Waals surface area (Å²) >= 11 is 6.65. The number of hydrogen-bond donors (Lipinski definition) is 2. The molecule has 0 aromatic heterocycles. The summed E-state index contributed by atoms with van der Waals surface area (Å²) in [6.07, 6.45) is 5.22. The molecular weight excluding hydrogens is 412 g/mol. The highest BCUT2D eigenvalue weighted by molar-refractivity contribution is 6.31. The van der Waals surface area contributed by atoms with E-state index in [9.17, 15) is 9.59 Å². The first-order chi connectivity index (χ1) is 14.3. The van der Waals surface area contributed by atoms with Crippen molar-refractivity contribution >= 4 is 23.6 Å². The molecule has 0 unspecified atom stereocenters. The van der Waals surface area contributed by atoms with Crippen molar-refractivity contribution in [1.82, 2.24) is 10.2 Å². The number of aliphatic carboxylic acids is 1. The number of rotatable bonds is 9. The lowest BCUT2D eigenvalue weighted by molar-refractivity contribution is -0.137. The molecule has 0 saturated heterocycles. The minimum absolute atomic E-state index is 0.119. The summed E-state index contributed by atoms with van der Waals surface area (Å²) in [5.74, 6) is -0.594. The molecule has 31 heavy (non-hydrogen) atoms. The van der Waals surface area contributed by atoms with Gasteiger partial charge in [0.1, 0.15) is 0 Å². The molecule has 1 atom stereocenters. The Morgan fingerprint density at radius 1 is 1.26 bits per heavy atom. The maximum absolute atomic E-state index is 12.9. The molecule has 6 heteroatoms. The fourth-order valence-corrected chi connectivity index (χ4v) is 4.25. The van der Waals surface area contributed by atoms with Crippen molar-refractivity contribution in [3.8, 4) is 0 Å². The average Bonchev–Trinajstić information content (AvgIpc) is 2.64. The van der Waals surface area contributed by atoms with Gasteiger partial charge in [-0.15, -0.1) is 0 Å². The number of hydrogen-bond acceptors (Lipinski definition) is 2. The van der Waals surface area contributed by atoms with Crippen LogP contribution in [0.1, 0.15) is 78.4 Å². The Balaban J connectivity index is 2.26. The summed E-state index contributed by atoms with van der Waals surface area (Å²) in [7, 11) is 0. The number of carbonyl (C=O) groups excluding carboxylic acids is 1. The smallest absolute Gasteiger partial charge is 0.322 e. The lowest BCUT2D eigenvalue weighted by Crippen LogP contribution is -2.54. The van der Waals surface area contributed by atoms with Crippen molar-refractivity contribution in [1.29, 1.82) is 0 Å². The Morgan fingerprint density at radius 2 is 1.94 bits per heavy atom. The van der Waals surface area contributed by atoms with E-state index in [1.807, 2.05) is 19.2 Å². The Kier molecular flexibility index (Phi) is 8.21. The van der Waals surface area contributed by atoms with E-state index in [-0.39, 0.29) is 23.8 Å². The van der Waals surface area contributed by atoms with Gasteiger partial charge in [-0.05, 0) is 66.7 Å². The zero-order valence-corrected chi connectivity index (χ0v) is 20.5. The topological polar surface area (TPSA) is 69.6 Å². The number of unbranched alkanes of at least 4 members (excludes halogenated alkanes) is 1. The van der Waals surface area contributed by atoms with Crippen LogP contribution >= 0.6 is 11.6 Å². The Hall–Kier alpha value is -2.01. The van der Waals surface area contributed by atoms with Crippen LogP contribution in [0.3, 0.4) is 0 Å². The van der Waals surface area contributed by atoms with Crippen molar-refractivity contribution in [3.63, 3.8) is 0 Å². The lowest BCUT2D eigenvalue weighted by Gasteiger charge is -2.42. The maximum Gasteiger partial charge on any atom is 0.322 e. The van der Waals surface area contributed by atoms with Crippen molar-refractivity contribution in [2.45, 2.75) is 79.2 Å². The van der Waals surface area contributed by atoms with Gasteiger partial charge in [-0.2, -0.15) is 0 Å². The van der Waals surface area contributed by atoms with Gasteiger partial charge in [-0.3, -0.25) is 4.79 Å². The van der Waals surface area contributed by atoms with Crippen LogP contribution in [-0.4, -0.2) is 28.6 Å². The second kappa shape index (κ2) is 10.1. The Morgan fingerprint density at radius 3 is 2.48 bits per heavy atom. The van der Waals surface area contributed by atoms with Crippen LogP contribution in [0.25, 0.3) is 0 Å². The van der Waals surface area contributed by atoms with Gasteiger partial charge in [-0.25, -0.2) is 4.79 Å². The van der Waals surface area contributed by atoms with Crippen LogP contribution in [0.4, 0.5) is 4.79 Å². The molecule has 0 fully saturated rings. The molecule has 0 saturated carbocycles. The number of halogens is 1. The molecular formula is C25H37ClN2O3. The van der Waals surface area contributed by atoms with Gasteiger partial charge >= 0.3 is 12.0 Å². The van der Waals surface area contributed by atoms with Crippen LogP contribution in [0.15, 0.2) is 30.0 Å². The van der Waals surface area contributed by atoms with Gasteiger partial charge in [-0.1, -0.05) is 58.4 Å². The number of nitrogens with one attached hydrogen (secondary N) is 1. The van der Waals surface area contributed by atoms with Crippen molar-refractivity contribution in [2.24, 2.45) is 11.3 Å². The van der Waals surface area contributed by atoms with E-state index in [2.05, 4.69) is 52.1 Å². The first kappa shape index (κ1) is 25.3. The van der Waals surface area contributed by atoms with Gasteiger partial charge in [0.2, 0.25) is 0 Å². The van der Waals surface area contributed by atoms with Crippen molar-refractivity contribution in [3.05, 3.63) is 46.1 Å². The lowest BCUT2D eigenvalue weighted by atomic mass is 9.78. The molecule has 5 nitrogen and oxygen atoms in total. The van der Waals surface area contributed by atoms with Gasteiger partial charge < -0.3 is 15.3 Å². The molecule has 1 aliphatic rings. The summed E-state index contributed by atoms with van der Waals surface area (Å²) in [4.78, 5) is 25.3. The van der Waals surface area contributed by atoms with E-state index in [1.54, 1.807) is 4.90 Å². The molecule has 2 N–H and O–H groups in total. The monoisotopic (exact) mass is 448 g/mol. The quantitative estimate of drug-likeness (QED) is 0.432. The summed E-state index contributed by atoms with van der Waals surface area (Å²) in [5, 5.41) is 12.7. The molecule has 2 amide bonds. The second-order valence-electron chi connectivity index (χ2n) is 10.2. The normalized spacial score (nSPS) is 19.4. The predicted octanol–water partition coefficient (Wildman–Crippen LogP) is 6.35. The van der Waals surface area contributed by atoms with Crippen molar-refractivity contribution in [2.75, 3.05) is 6.54 Å². The van der Waals surface area contributed by atoms with E-state index >= 15 is 0 Å². The highest BCUT2D eigenvalue weighted by Crippen LogP contribution is 2.38. The molecule has 1 heterocycles. The molecule has 172 valence electrons. The van der Waals surface area contributed by atoms with Crippen LogP contribution in [0.5, 0.6) is 0 Å². The van der Waals surface area contributed by atoms with Gasteiger partial charge in [0.25, 0.3) is 0 Å². The fraction of sp³-hybridized carbons (Fsp3) is 0.600. The number of carboxylic acids is 1. The zero-order chi connectivity index (χ0) is 23.4. The standard InChI is InChI=1S/C25H37ClN2O3/c1-17(2)20-16-28(14-8-7-9-22(29)30)23(31)27-25(20,6)19-11-10-18(21(26)15-19)12-13-24(3,4)5/h10-11,15-17H,7-9,12-14H2,1-6H3,(H,27,31)(H,29,30)/t25-/m1/s1. The van der Waals surface area contributed by atoms with E-state index in [4.69, 9.17) is 16.7 Å². The highest BCUT2D eigenvalue weighted by Gasteiger charge is 2.39. The largest absolute Gasteiger partial charge is 0.481 e. The fourth-order valence-electron chi connectivity index (χ4n) is 3.97. The number of carbonyl (C=O) groups is 2. The van der Waals surface area contributed by atoms with Crippen LogP contribution in [0.2, 0.25) is 5.02 Å². The molecule has 1 aromatic rings. The summed E-state index contributed by atoms with van der Waals surface area (Å²) < 4.78 is 0. The zero-order valence-electron chi connectivity index (χ0n) is 19.7. The second-order valence-corrected chi connectivity index (χ2v) is 10.6. The van der Waals surface area contributed by atoms with E-state index < -0.39 is 11.5 Å². The maximum atomic E-state index is 12.9. The first-order valence-corrected chi connectivity index (χ1v) is 11.5. The van der Waals surface area contributed by atoms with Crippen LogP contribution in [0, 0.1) is 11.3 Å². The minimum atomic E-state index is -0.808. The van der Waals surface area contributed by atoms with Crippen LogP contribution in [-0.2, 0) is 16.8 Å². The van der Waals surface area contributed by atoms with E-state index in [1.165, 1.54) is 0 Å². The van der Waals surface area contributed by atoms with E-state index in [0.29, 0.717) is 19.4 Å². The molecule has 1 aromatic carbocycles. The first-order valence-electron chi connectivity index (χ1n) is 11.1.